The minimum atomic E-state index is -0.0628. The molecular formula is C18H23NO4S. The van der Waals surface area contributed by atoms with Crippen molar-refractivity contribution in [3.05, 3.63) is 46.7 Å². The third kappa shape index (κ3) is 5.86. The van der Waals surface area contributed by atoms with E-state index in [0.29, 0.717) is 32.1 Å². The van der Waals surface area contributed by atoms with E-state index in [4.69, 9.17) is 14.2 Å². The maximum atomic E-state index is 12.4. The number of carbonyl (C=O) groups is 1. The van der Waals surface area contributed by atoms with E-state index in [-0.39, 0.29) is 12.5 Å². The molecule has 0 N–H and O–H groups in total. The van der Waals surface area contributed by atoms with Crippen LogP contribution in [0.25, 0.3) is 0 Å². The molecule has 0 aliphatic rings. The second-order valence-corrected chi connectivity index (χ2v) is 5.91. The number of carbonyl (C=O) groups excluding carboxylic acids is 1. The lowest BCUT2D eigenvalue weighted by molar-refractivity contribution is -0.134. The zero-order valence-electron chi connectivity index (χ0n) is 14.1. The van der Waals surface area contributed by atoms with Crippen molar-refractivity contribution in [2.24, 2.45) is 0 Å². The van der Waals surface area contributed by atoms with E-state index in [1.165, 1.54) is 0 Å². The fourth-order valence-electron chi connectivity index (χ4n) is 2.13. The van der Waals surface area contributed by atoms with Crippen molar-refractivity contribution in [3.63, 3.8) is 0 Å². The second-order valence-electron chi connectivity index (χ2n) is 5.13. The number of benzene rings is 1. The predicted octanol–water partition coefficient (Wildman–Crippen LogP) is 3.20. The van der Waals surface area contributed by atoms with Crippen LogP contribution in [0.15, 0.2) is 41.1 Å². The van der Waals surface area contributed by atoms with Crippen LogP contribution in [0.3, 0.4) is 0 Å². The number of amides is 1. The van der Waals surface area contributed by atoms with Gasteiger partial charge < -0.3 is 19.1 Å². The Morgan fingerprint density at radius 3 is 2.42 bits per heavy atom. The molecular weight excluding hydrogens is 326 g/mol. The highest BCUT2D eigenvalue weighted by molar-refractivity contribution is 7.07. The molecule has 6 heteroatoms. The van der Waals surface area contributed by atoms with E-state index >= 15 is 0 Å². The minimum absolute atomic E-state index is 0.00182. The fraction of sp³-hybridized carbons (Fsp3) is 0.389. The van der Waals surface area contributed by atoms with Gasteiger partial charge in [0.25, 0.3) is 5.91 Å². The Kier molecular flexibility index (Phi) is 7.58. The van der Waals surface area contributed by atoms with E-state index in [1.807, 2.05) is 35.9 Å². The Hall–Kier alpha value is -2.05. The second kappa shape index (κ2) is 9.95. The molecule has 2 aromatic rings. The standard InChI is InChI=1S/C18H23NO4S/c1-3-22-16-4-6-17(7-5-16)23-13-18(20)19(9-10-21-2)12-15-8-11-24-14-15/h4-8,11,14H,3,9-10,12-13H2,1-2H3. The summed E-state index contributed by atoms with van der Waals surface area (Å²) < 4.78 is 16.1. The SMILES string of the molecule is CCOc1ccc(OCC(=O)N(CCOC)Cc2ccsc2)cc1. The number of ether oxygens (including phenoxy) is 3. The Morgan fingerprint density at radius 2 is 1.83 bits per heavy atom. The summed E-state index contributed by atoms with van der Waals surface area (Å²) in [5, 5.41) is 4.05. The third-order valence-corrected chi connectivity index (χ3v) is 4.10. The molecule has 0 spiro atoms. The summed E-state index contributed by atoms with van der Waals surface area (Å²) in [6, 6.07) is 9.28. The molecule has 0 fully saturated rings. The van der Waals surface area contributed by atoms with E-state index in [1.54, 1.807) is 35.5 Å². The zero-order valence-corrected chi connectivity index (χ0v) is 14.9. The molecule has 130 valence electrons. The molecule has 0 unspecified atom stereocenters. The van der Waals surface area contributed by atoms with Gasteiger partial charge in [0.2, 0.25) is 0 Å². The summed E-state index contributed by atoms with van der Waals surface area (Å²) in [6.45, 7) is 4.16. The first-order valence-corrected chi connectivity index (χ1v) is 8.80. The highest BCUT2D eigenvalue weighted by Gasteiger charge is 2.15. The van der Waals surface area contributed by atoms with Crippen LogP contribution >= 0.6 is 11.3 Å². The smallest absolute Gasteiger partial charge is 0.260 e. The van der Waals surface area contributed by atoms with Crippen molar-refractivity contribution in [3.8, 4) is 11.5 Å². The van der Waals surface area contributed by atoms with Gasteiger partial charge in [-0.15, -0.1) is 0 Å². The van der Waals surface area contributed by atoms with Gasteiger partial charge in [-0.25, -0.2) is 0 Å². The molecule has 0 aliphatic heterocycles. The lowest BCUT2D eigenvalue weighted by atomic mass is 10.3. The van der Waals surface area contributed by atoms with Gasteiger partial charge in [-0.1, -0.05) is 0 Å². The molecule has 0 bridgehead atoms. The maximum absolute atomic E-state index is 12.4. The number of methoxy groups -OCH3 is 1. The number of nitrogens with zero attached hydrogens (tertiary/aromatic N) is 1. The van der Waals surface area contributed by atoms with Gasteiger partial charge in [0.05, 0.1) is 13.2 Å². The number of hydrogen-bond donors (Lipinski definition) is 0. The molecule has 1 aromatic heterocycles. The van der Waals surface area contributed by atoms with Crippen LogP contribution in [-0.2, 0) is 16.1 Å². The van der Waals surface area contributed by atoms with Crippen LogP contribution in [-0.4, -0.2) is 44.3 Å². The number of hydrogen-bond acceptors (Lipinski definition) is 5. The van der Waals surface area contributed by atoms with Crippen LogP contribution in [0.5, 0.6) is 11.5 Å². The highest BCUT2D eigenvalue weighted by Crippen LogP contribution is 2.17. The molecule has 0 aliphatic carbocycles. The lowest BCUT2D eigenvalue weighted by Crippen LogP contribution is -2.36. The molecule has 0 saturated heterocycles. The van der Waals surface area contributed by atoms with Crippen LogP contribution in [0.1, 0.15) is 12.5 Å². The topological polar surface area (TPSA) is 48.0 Å². The summed E-state index contributed by atoms with van der Waals surface area (Å²) in [4.78, 5) is 14.2. The average Bonchev–Trinajstić information content (AvgIpc) is 3.11. The number of rotatable bonds is 10. The Labute approximate surface area is 146 Å². The summed E-state index contributed by atoms with van der Waals surface area (Å²) in [5.41, 5.74) is 1.12. The summed E-state index contributed by atoms with van der Waals surface area (Å²) in [6.07, 6.45) is 0. The van der Waals surface area contributed by atoms with E-state index in [0.717, 1.165) is 11.3 Å². The molecule has 0 radical (unpaired) electrons. The molecule has 1 heterocycles. The first-order chi connectivity index (χ1) is 11.7. The zero-order chi connectivity index (χ0) is 17.2. The third-order valence-electron chi connectivity index (χ3n) is 3.37. The van der Waals surface area contributed by atoms with Gasteiger partial charge in [0.15, 0.2) is 6.61 Å². The van der Waals surface area contributed by atoms with E-state index in [2.05, 4.69) is 0 Å². The Bertz CT molecular complexity index is 598. The molecule has 24 heavy (non-hydrogen) atoms. The quantitative estimate of drug-likeness (QED) is 0.661. The Morgan fingerprint density at radius 1 is 1.12 bits per heavy atom. The van der Waals surface area contributed by atoms with Crippen LogP contribution in [0, 0.1) is 0 Å². The van der Waals surface area contributed by atoms with Crippen molar-refractivity contribution in [1.82, 2.24) is 4.90 Å². The average molecular weight is 349 g/mol. The van der Waals surface area contributed by atoms with E-state index < -0.39 is 0 Å². The number of thiophene rings is 1. The van der Waals surface area contributed by atoms with Crippen molar-refractivity contribution >= 4 is 17.2 Å². The van der Waals surface area contributed by atoms with Crippen LogP contribution < -0.4 is 9.47 Å². The minimum Gasteiger partial charge on any atom is -0.494 e. The van der Waals surface area contributed by atoms with Gasteiger partial charge >= 0.3 is 0 Å². The van der Waals surface area contributed by atoms with Crippen molar-refractivity contribution < 1.29 is 19.0 Å². The Balaban J connectivity index is 1.88. The molecule has 1 amide bonds. The van der Waals surface area contributed by atoms with Gasteiger partial charge in [0.1, 0.15) is 11.5 Å². The maximum Gasteiger partial charge on any atom is 0.260 e. The van der Waals surface area contributed by atoms with Crippen LogP contribution in [0.4, 0.5) is 0 Å². The normalized spacial score (nSPS) is 10.4. The van der Waals surface area contributed by atoms with Crippen molar-refractivity contribution in [2.75, 3.05) is 33.5 Å². The largest absolute Gasteiger partial charge is 0.494 e. The molecule has 0 saturated carbocycles. The van der Waals surface area contributed by atoms with Gasteiger partial charge in [-0.3, -0.25) is 4.79 Å². The monoisotopic (exact) mass is 349 g/mol. The lowest BCUT2D eigenvalue weighted by Gasteiger charge is -2.22. The van der Waals surface area contributed by atoms with Crippen LogP contribution in [0.2, 0.25) is 0 Å². The van der Waals surface area contributed by atoms with Crippen molar-refractivity contribution in [1.29, 1.82) is 0 Å². The van der Waals surface area contributed by atoms with Gasteiger partial charge in [-0.2, -0.15) is 11.3 Å². The molecule has 1 aromatic carbocycles. The summed E-state index contributed by atoms with van der Waals surface area (Å²) in [7, 11) is 1.63. The predicted molar refractivity (Wildman–Crippen MR) is 94.7 cm³/mol. The van der Waals surface area contributed by atoms with E-state index in [9.17, 15) is 4.79 Å². The molecule has 5 nitrogen and oxygen atoms in total. The highest BCUT2D eigenvalue weighted by atomic mass is 32.1. The molecule has 2 rings (SSSR count). The van der Waals surface area contributed by atoms with Crippen molar-refractivity contribution in [2.45, 2.75) is 13.5 Å². The first-order valence-electron chi connectivity index (χ1n) is 7.86. The summed E-state index contributed by atoms with van der Waals surface area (Å²) >= 11 is 1.62. The van der Waals surface area contributed by atoms with Gasteiger partial charge in [-0.05, 0) is 53.6 Å². The molecule has 0 atom stereocenters. The summed E-state index contributed by atoms with van der Waals surface area (Å²) in [5.74, 6) is 1.37. The first kappa shape index (κ1) is 18.3. The fourth-order valence-corrected chi connectivity index (χ4v) is 2.79. The van der Waals surface area contributed by atoms with Gasteiger partial charge in [0, 0.05) is 20.2 Å².